The maximum absolute atomic E-state index is 13.3. The average molecular weight is 363 g/mol. The molecule has 1 aliphatic carbocycles. The second-order valence-electron chi connectivity index (χ2n) is 6.43. The first-order valence-electron chi connectivity index (χ1n) is 8.18. The lowest BCUT2D eigenvalue weighted by Gasteiger charge is -2.17. The van der Waals surface area contributed by atoms with E-state index >= 15 is 0 Å². The number of rotatable bonds is 5. The molecule has 0 aromatic heterocycles. The molecule has 0 radical (unpaired) electrons. The van der Waals surface area contributed by atoms with E-state index in [9.17, 15) is 22.4 Å². The molecule has 0 unspecified atom stereocenters. The number of nitrogens with one attached hydrogen (secondary N) is 1. The minimum Gasteiger partial charge on any atom is -0.352 e. The smallest absolute Gasteiger partial charge is 0.352 e. The highest BCUT2D eigenvalue weighted by Gasteiger charge is 2.44. The highest BCUT2D eigenvalue weighted by atomic mass is 19.4. The summed E-state index contributed by atoms with van der Waals surface area (Å²) in [5.41, 5.74) is -0.484. The van der Waals surface area contributed by atoms with Gasteiger partial charge in [-0.05, 0) is 36.1 Å². The minimum atomic E-state index is -4.63. The van der Waals surface area contributed by atoms with Crippen LogP contribution in [-0.2, 0) is 10.2 Å². The minimum absolute atomic E-state index is 0.0604. The lowest BCUT2D eigenvalue weighted by Crippen LogP contribution is -2.31. The normalized spacial score (nSPS) is 16.2. The van der Waals surface area contributed by atoms with Crippen LogP contribution in [0.3, 0.4) is 0 Å². The van der Waals surface area contributed by atoms with Gasteiger partial charge in [-0.1, -0.05) is 42.5 Å². The zero-order valence-electron chi connectivity index (χ0n) is 13.8. The molecule has 2 nitrogen and oxygen atoms in total. The molecule has 0 spiro atoms. The Balaban J connectivity index is 1.73. The molecule has 2 aromatic rings. The Bertz CT molecular complexity index is 806. The largest absolute Gasteiger partial charge is 0.417 e. The summed E-state index contributed by atoms with van der Waals surface area (Å²) >= 11 is 0. The highest BCUT2D eigenvalue weighted by Crippen LogP contribution is 2.47. The van der Waals surface area contributed by atoms with Gasteiger partial charge in [0.1, 0.15) is 5.82 Å². The van der Waals surface area contributed by atoms with Crippen LogP contribution in [0.5, 0.6) is 0 Å². The Morgan fingerprint density at radius 2 is 1.65 bits per heavy atom. The second-order valence-corrected chi connectivity index (χ2v) is 6.43. The van der Waals surface area contributed by atoms with Crippen molar-refractivity contribution in [2.24, 2.45) is 0 Å². The van der Waals surface area contributed by atoms with E-state index in [1.54, 1.807) is 18.2 Å². The van der Waals surface area contributed by atoms with Crippen molar-refractivity contribution in [2.45, 2.75) is 24.4 Å². The van der Waals surface area contributed by atoms with Crippen molar-refractivity contribution in [1.82, 2.24) is 5.32 Å². The fraction of sp³-hybridized carbons (Fsp3) is 0.250. The average Bonchev–Trinajstić information content (AvgIpc) is 3.39. The maximum Gasteiger partial charge on any atom is 0.417 e. The van der Waals surface area contributed by atoms with Crippen LogP contribution < -0.4 is 5.32 Å². The summed E-state index contributed by atoms with van der Waals surface area (Å²) in [6.45, 7) is 0.216. The molecule has 1 saturated carbocycles. The van der Waals surface area contributed by atoms with Gasteiger partial charge in [0.2, 0.25) is 5.91 Å². The third kappa shape index (κ3) is 4.12. The molecule has 2 aromatic carbocycles. The number of allylic oxidation sites excluding steroid dienone is 1. The maximum atomic E-state index is 13.3. The van der Waals surface area contributed by atoms with E-state index in [4.69, 9.17) is 0 Å². The first-order valence-corrected chi connectivity index (χ1v) is 8.18. The zero-order valence-corrected chi connectivity index (χ0v) is 13.8. The van der Waals surface area contributed by atoms with Crippen molar-refractivity contribution in [1.29, 1.82) is 0 Å². The molecular formula is C20H17F4NO. The molecule has 1 fully saturated rings. The van der Waals surface area contributed by atoms with Crippen LogP contribution in [0.4, 0.5) is 17.6 Å². The van der Waals surface area contributed by atoms with E-state index in [0.29, 0.717) is 6.08 Å². The van der Waals surface area contributed by atoms with Crippen LogP contribution in [-0.4, -0.2) is 18.6 Å². The summed E-state index contributed by atoms with van der Waals surface area (Å²) in [6.07, 6.45) is -2.44. The third-order valence-corrected chi connectivity index (χ3v) is 4.58. The van der Waals surface area contributed by atoms with Gasteiger partial charge in [-0.25, -0.2) is 4.39 Å². The summed E-state index contributed by atoms with van der Waals surface area (Å²) in [6, 6.07) is 13.2. The van der Waals surface area contributed by atoms with Crippen molar-refractivity contribution < 1.29 is 22.4 Å². The molecule has 6 heteroatoms. The number of amides is 1. The molecule has 0 aliphatic heterocycles. The molecule has 0 atom stereocenters. The number of carbonyl (C=O) groups excluding carboxylic acids is 1. The summed E-state index contributed by atoms with van der Waals surface area (Å²) in [5, 5.41) is 2.56. The van der Waals surface area contributed by atoms with Crippen LogP contribution >= 0.6 is 0 Å². The molecule has 136 valence electrons. The lowest BCUT2D eigenvalue weighted by atomic mass is 9.96. The van der Waals surface area contributed by atoms with Crippen LogP contribution in [0.25, 0.3) is 5.57 Å². The molecule has 1 N–H and O–H groups in total. The van der Waals surface area contributed by atoms with Crippen molar-refractivity contribution >= 4 is 11.5 Å². The molecule has 1 aliphatic rings. The standard InChI is InChI=1S/C20H17F4NO/c21-16-8-6-15(7-9-16)19(10-11-19)13-25-18(26)12-17(20(22,23)24)14-4-2-1-3-5-14/h1-9,12H,10-11,13H2,(H,25,26)/b17-12-. The van der Waals surface area contributed by atoms with Gasteiger partial charge in [0.05, 0.1) is 5.57 Å². The van der Waals surface area contributed by atoms with Crippen LogP contribution in [0.2, 0.25) is 0 Å². The van der Waals surface area contributed by atoms with Crippen molar-refractivity contribution in [2.75, 3.05) is 6.54 Å². The number of hydrogen-bond donors (Lipinski definition) is 1. The van der Waals surface area contributed by atoms with E-state index in [1.807, 2.05) is 0 Å². The van der Waals surface area contributed by atoms with Gasteiger partial charge in [-0.2, -0.15) is 13.2 Å². The summed E-state index contributed by atoms with van der Waals surface area (Å²) < 4.78 is 52.9. The second kappa shape index (κ2) is 6.94. The quantitative estimate of drug-likeness (QED) is 0.610. The zero-order chi connectivity index (χ0) is 18.8. The fourth-order valence-electron chi connectivity index (χ4n) is 2.91. The number of halogens is 4. The van der Waals surface area contributed by atoms with Gasteiger partial charge in [-0.15, -0.1) is 0 Å². The van der Waals surface area contributed by atoms with Crippen molar-refractivity contribution in [3.8, 4) is 0 Å². The summed E-state index contributed by atoms with van der Waals surface area (Å²) in [5.74, 6) is -1.15. The van der Waals surface area contributed by atoms with E-state index in [0.717, 1.165) is 18.4 Å². The van der Waals surface area contributed by atoms with Crippen molar-refractivity contribution in [3.63, 3.8) is 0 Å². The number of benzene rings is 2. The predicted molar refractivity (Wildman–Crippen MR) is 90.8 cm³/mol. The first-order chi connectivity index (χ1) is 12.3. The first kappa shape index (κ1) is 18.2. The van der Waals surface area contributed by atoms with Gasteiger partial charge < -0.3 is 5.32 Å². The van der Waals surface area contributed by atoms with Crippen LogP contribution in [0, 0.1) is 5.82 Å². The van der Waals surface area contributed by atoms with E-state index in [1.165, 1.54) is 36.4 Å². The number of carbonyl (C=O) groups is 1. The highest BCUT2D eigenvalue weighted by molar-refractivity contribution is 5.96. The van der Waals surface area contributed by atoms with Crippen LogP contribution in [0.1, 0.15) is 24.0 Å². The summed E-state index contributed by atoms with van der Waals surface area (Å²) in [4.78, 5) is 12.1. The molecule has 1 amide bonds. The van der Waals surface area contributed by atoms with E-state index < -0.39 is 17.7 Å². The molecule has 3 rings (SSSR count). The fourth-order valence-corrected chi connectivity index (χ4v) is 2.91. The Labute approximate surface area is 148 Å². The number of alkyl halides is 3. The van der Waals surface area contributed by atoms with E-state index in [2.05, 4.69) is 5.32 Å². The van der Waals surface area contributed by atoms with Gasteiger partial charge >= 0.3 is 6.18 Å². The lowest BCUT2D eigenvalue weighted by molar-refractivity contribution is -0.117. The van der Waals surface area contributed by atoms with Gasteiger partial charge in [0.15, 0.2) is 0 Å². The molecule has 26 heavy (non-hydrogen) atoms. The predicted octanol–water partition coefficient (Wildman–Crippen LogP) is 4.62. The Kier molecular flexibility index (Phi) is 4.85. The summed E-state index contributed by atoms with van der Waals surface area (Å²) in [7, 11) is 0. The third-order valence-electron chi connectivity index (χ3n) is 4.58. The number of hydrogen-bond acceptors (Lipinski definition) is 1. The molecule has 0 saturated heterocycles. The molecule has 0 bridgehead atoms. The monoisotopic (exact) mass is 363 g/mol. The van der Waals surface area contributed by atoms with Crippen molar-refractivity contribution in [3.05, 3.63) is 77.6 Å². The Morgan fingerprint density at radius 1 is 1.04 bits per heavy atom. The molecule has 0 heterocycles. The van der Waals surface area contributed by atoms with Gasteiger partial charge in [-0.3, -0.25) is 4.79 Å². The van der Waals surface area contributed by atoms with E-state index in [-0.39, 0.29) is 23.3 Å². The van der Waals surface area contributed by atoms with Gasteiger partial charge in [0, 0.05) is 18.0 Å². The van der Waals surface area contributed by atoms with Gasteiger partial charge in [0.25, 0.3) is 0 Å². The SMILES string of the molecule is O=C(/C=C(/c1ccccc1)C(F)(F)F)NCC1(c2ccc(F)cc2)CC1. The molecular weight excluding hydrogens is 346 g/mol. The topological polar surface area (TPSA) is 29.1 Å². The Hall–Kier alpha value is -2.63. The van der Waals surface area contributed by atoms with Crippen LogP contribution in [0.15, 0.2) is 60.7 Å². The Morgan fingerprint density at radius 3 is 2.19 bits per heavy atom.